The molecule has 1 aliphatic heterocycles. The molecule has 4 N–H and O–H groups in total. The second kappa shape index (κ2) is 5.84. The molecule has 1 saturated carbocycles. The summed E-state index contributed by atoms with van der Waals surface area (Å²) in [6, 6.07) is 3.64. The van der Waals surface area contributed by atoms with Gasteiger partial charge in [0.05, 0.1) is 16.3 Å². The van der Waals surface area contributed by atoms with E-state index in [0.717, 1.165) is 25.3 Å². The predicted octanol–water partition coefficient (Wildman–Crippen LogP) is 3.47. The van der Waals surface area contributed by atoms with Crippen molar-refractivity contribution in [3.63, 3.8) is 0 Å². The third-order valence-electron chi connectivity index (χ3n) is 4.37. The van der Waals surface area contributed by atoms with Crippen molar-refractivity contribution in [2.75, 3.05) is 4.90 Å². The van der Waals surface area contributed by atoms with Gasteiger partial charge in [-0.15, -0.1) is 0 Å². The minimum Gasteiger partial charge on any atom is -0.369 e. The third-order valence-corrected chi connectivity index (χ3v) is 4.67. The lowest BCUT2D eigenvalue weighted by Gasteiger charge is -2.46. The Balaban J connectivity index is 2.22. The first kappa shape index (κ1) is 16.9. The van der Waals surface area contributed by atoms with E-state index in [0.29, 0.717) is 12.8 Å². The summed E-state index contributed by atoms with van der Waals surface area (Å²) in [7, 11) is 0. The summed E-state index contributed by atoms with van der Waals surface area (Å²) in [6.07, 6.45) is -0.905. The number of rotatable bonds is 1. The summed E-state index contributed by atoms with van der Waals surface area (Å²) in [5, 5.41) is -0.0522. The SMILES string of the molecule is NC1=NC2(CCCCC2)N(c2c(Cl)cccc2C(F)(F)F)C(N)=N1. The highest BCUT2D eigenvalue weighted by Crippen LogP contribution is 2.46. The van der Waals surface area contributed by atoms with Gasteiger partial charge in [-0.25, -0.2) is 4.99 Å². The molecule has 5 nitrogen and oxygen atoms in total. The second-order valence-electron chi connectivity index (χ2n) is 5.95. The van der Waals surface area contributed by atoms with Crippen LogP contribution in [-0.4, -0.2) is 17.6 Å². The summed E-state index contributed by atoms with van der Waals surface area (Å²) < 4.78 is 40.5. The van der Waals surface area contributed by atoms with Crippen LogP contribution in [0.3, 0.4) is 0 Å². The average molecular weight is 360 g/mol. The first-order chi connectivity index (χ1) is 11.2. The van der Waals surface area contributed by atoms with E-state index in [1.54, 1.807) is 0 Å². The molecule has 1 spiro atoms. The van der Waals surface area contributed by atoms with Crippen molar-refractivity contribution in [2.45, 2.75) is 43.9 Å². The first-order valence-electron chi connectivity index (χ1n) is 7.60. The number of aliphatic imine (C=N–C) groups is 2. The summed E-state index contributed by atoms with van der Waals surface area (Å²) in [5.41, 5.74) is 9.65. The number of anilines is 1. The molecule has 0 saturated heterocycles. The molecular formula is C15H17ClF3N5. The van der Waals surface area contributed by atoms with Crippen LogP contribution in [0.25, 0.3) is 0 Å². The lowest BCUT2D eigenvalue weighted by atomic mass is 9.87. The van der Waals surface area contributed by atoms with E-state index >= 15 is 0 Å². The van der Waals surface area contributed by atoms with E-state index in [1.807, 2.05) is 0 Å². The molecule has 0 aromatic heterocycles. The number of alkyl halides is 3. The molecule has 0 unspecified atom stereocenters. The maximum absolute atomic E-state index is 13.5. The molecule has 24 heavy (non-hydrogen) atoms. The fourth-order valence-electron chi connectivity index (χ4n) is 3.42. The summed E-state index contributed by atoms with van der Waals surface area (Å²) in [6.45, 7) is 0. The molecule has 130 valence electrons. The molecular weight excluding hydrogens is 343 g/mol. The van der Waals surface area contributed by atoms with Crippen LogP contribution in [0.5, 0.6) is 0 Å². The molecule has 2 aliphatic rings. The minimum atomic E-state index is -4.58. The molecule has 0 amide bonds. The van der Waals surface area contributed by atoms with Crippen molar-refractivity contribution in [2.24, 2.45) is 21.5 Å². The molecule has 1 aromatic rings. The van der Waals surface area contributed by atoms with Crippen LogP contribution in [0.1, 0.15) is 37.7 Å². The topological polar surface area (TPSA) is 80.0 Å². The lowest BCUT2D eigenvalue weighted by molar-refractivity contribution is -0.137. The van der Waals surface area contributed by atoms with Crippen molar-refractivity contribution in [1.82, 2.24) is 0 Å². The monoisotopic (exact) mass is 359 g/mol. The minimum absolute atomic E-state index is 0.0220. The van der Waals surface area contributed by atoms with Crippen molar-refractivity contribution in [1.29, 1.82) is 0 Å². The molecule has 1 aliphatic carbocycles. The molecule has 0 bridgehead atoms. The predicted molar refractivity (Wildman–Crippen MR) is 88.0 cm³/mol. The Bertz CT molecular complexity index is 708. The van der Waals surface area contributed by atoms with Crippen LogP contribution < -0.4 is 16.4 Å². The Morgan fingerprint density at radius 1 is 1.12 bits per heavy atom. The number of nitrogens with zero attached hydrogens (tertiary/aromatic N) is 3. The molecule has 1 fully saturated rings. The zero-order valence-electron chi connectivity index (χ0n) is 12.8. The fraction of sp³-hybridized carbons (Fsp3) is 0.467. The second-order valence-corrected chi connectivity index (χ2v) is 6.36. The number of hydrogen-bond donors (Lipinski definition) is 2. The van der Waals surface area contributed by atoms with Crippen LogP contribution >= 0.6 is 11.6 Å². The molecule has 1 aromatic carbocycles. The van der Waals surface area contributed by atoms with Crippen molar-refractivity contribution < 1.29 is 13.2 Å². The largest absolute Gasteiger partial charge is 0.418 e. The van der Waals surface area contributed by atoms with Gasteiger partial charge < -0.3 is 11.5 Å². The van der Waals surface area contributed by atoms with Crippen molar-refractivity contribution in [3.8, 4) is 0 Å². The third kappa shape index (κ3) is 2.79. The van der Waals surface area contributed by atoms with Crippen LogP contribution in [0, 0.1) is 0 Å². The maximum Gasteiger partial charge on any atom is 0.418 e. The number of hydrogen-bond acceptors (Lipinski definition) is 5. The normalized spacial score (nSPS) is 20.8. The Morgan fingerprint density at radius 3 is 2.42 bits per heavy atom. The van der Waals surface area contributed by atoms with E-state index in [1.165, 1.54) is 17.0 Å². The van der Waals surface area contributed by atoms with Gasteiger partial charge in [-0.1, -0.05) is 24.1 Å². The quantitative estimate of drug-likeness (QED) is 0.805. The number of guanidine groups is 2. The molecule has 0 atom stereocenters. The number of halogens is 4. The molecule has 3 rings (SSSR count). The summed E-state index contributed by atoms with van der Waals surface area (Å²) >= 11 is 6.14. The van der Waals surface area contributed by atoms with Gasteiger partial charge in [0, 0.05) is 0 Å². The van der Waals surface area contributed by atoms with E-state index in [2.05, 4.69) is 9.98 Å². The van der Waals surface area contributed by atoms with Gasteiger partial charge in [0.1, 0.15) is 5.66 Å². The highest BCUT2D eigenvalue weighted by Gasteiger charge is 2.46. The van der Waals surface area contributed by atoms with Gasteiger partial charge >= 0.3 is 6.18 Å². The Morgan fingerprint density at radius 2 is 1.79 bits per heavy atom. The Labute approximate surface area is 142 Å². The smallest absolute Gasteiger partial charge is 0.369 e. The summed E-state index contributed by atoms with van der Waals surface area (Å²) in [5.74, 6) is -0.144. The van der Waals surface area contributed by atoms with Crippen LogP contribution in [-0.2, 0) is 6.18 Å². The van der Waals surface area contributed by atoms with E-state index in [4.69, 9.17) is 23.1 Å². The molecule has 9 heteroatoms. The first-order valence-corrected chi connectivity index (χ1v) is 7.98. The van der Waals surface area contributed by atoms with E-state index in [-0.39, 0.29) is 22.6 Å². The Kier molecular flexibility index (Phi) is 4.11. The number of para-hydroxylation sites is 1. The van der Waals surface area contributed by atoms with Crippen molar-refractivity contribution >= 4 is 29.2 Å². The maximum atomic E-state index is 13.5. The zero-order valence-corrected chi connectivity index (χ0v) is 13.5. The van der Waals surface area contributed by atoms with Gasteiger partial charge in [0.15, 0.2) is 0 Å². The van der Waals surface area contributed by atoms with Gasteiger partial charge in [0.25, 0.3) is 0 Å². The number of benzene rings is 1. The van der Waals surface area contributed by atoms with Crippen LogP contribution in [0.15, 0.2) is 28.2 Å². The molecule has 1 heterocycles. The average Bonchev–Trinajstić information content (AvgIpc) is 2.47. The summed E-state index contributed by atoms with van der Waals surface area (Å²) in [4.78, 5) is 9.56. The van der Waals surface area contributed by atoms with E-state index < -0.39 is 17.4 Å². The van der Waals surface area contributed by atoms with Gasteiger partial charge in [-0.2, -0.15) is 18.2 Å². The van der Waals surface area contributed by atoms with Crippen LogP contribution in [0.2, 0.25) is 5.02 Å². The molecule has 0 radical (unpaired) electrons. The van der Waals surface area contributed by atoms with E-state index in [9.17, 15) is 13.2 Å². The fourth-order valence-corrected chi connectivity index (χ4v) is 3.68. The van der Waals surface area contributed by atoms with Crippen molar-refractivity contribution in [3.05, 3.63) is 28.8 Å². The standard InChI is InChI=1S/C15H17ClF3N5/c16-10-6-4-5-9(15(17,18)19)11(10)24-13(21)22-12(20)23-14(24)7-2-1-3-8-14/h4-6H,1-3,7-8H2,(H4,20,21,22,23). The van der Waals surface area contributed by atoms with Gasteiger partial charge in [-0.05, 0) is 37.8 Å². The highest BCUT2D eigenvalue weighted by atomic mass is 35.5. The van der Waals surface area contributed by atoms with Gasteiger partial charge in [-0.3, -0.25) is 4.90 Å². The Hall–Kier alpha value is -1.96. The zero-order chi connectivity index (χ0) is 17.5. The lowest BCUT2D eigenvalue weighted by Crippen LogP contribution is -2.58. The highest BCUT2D eigenvalue weighted by molar-refractivity contribution is 6.34. The van der Waals surface area contributed by atoms with Crippen LogP contribution in [0.4, 0.5) is 18.9 Å². The number of nitrogens with two attached hydrogens (primary N) is 2. The van der Waals surface area contributed by atoms with Gasteiger partial charge in [0.2, 0.25) is 11.9 Å².